The van der Waals surface area contributed by atoms with Gasteiger partial charge in [-0.1, -0.05) is 121 Å². The first kappa shape index (κ1) is 29.1. The lowest BCUT2D eigenvalue weighted by Crippen LogP contribution is -2.01. The van der Waals surface area contributed by atoms with Gasteiger partial charge >= 0.3 is 0 Å². The Bertz CT molecular complexity index is 3200. The minimum absolute atomic E-state index is 0.605. The number of hydrogen-bond donors (Lipinski definition) is 0. The number of furan rings is 1. The van der Waals surface area contributed by atoms with Gasteiger partial charge in [0.1, 0.15) is 11.2 Å². The molecule has 242 valence electrons. The smallest absolute Gasteiger partial charge is 0.164 e. The quantitative estimate of drug-likeness (QED) is 0.174. The van der Waals surface area contributed by atoms with E-state index in [-0.39, 0.29) is 0 Å². The summed E-state index contributed by atoms with van der Waals surface area (Å²) in [5.41, 5.74) is 6.71. The molecule has 0 bridgehead atoms. The van der Waals surface area contributed by atoms with E-state index in [0.717, 1.165) is 60.5 Å². The molecule has 0 aliphatic heterocycles. The second kappa shape index (κ2) is 11.4. The highest BCUT2D eigenvalue weighted by Gasteiger charge is 2.20. The number of aromatic nitrogens is 3. The normalized spacial score (nSPS) is 11.8. The van der Waals surface area contributed by atoms with Crippen molar-refractivity contribution in [3.05, 3.63) is 164 Å². The van der Waals surface area contributed by atoms with Crippen molar-refractivity contribution in [2.75, 3.05) is 0 Å². The van der Waals surface area contributed by atoms with Crippen molar-refractivity contribution in [1.82, 2.24) is 15.0 Å². The molecule has 5 heteroatoms. The zero-order chi connectivity index (χ0) is 34.2. The van der Waals surface area contributed by atoms with Gasteiger partial charge in [0.15, 0.2) is 17.5 Å². The molecule has 0 aliphatic rings. The molecule has 11 aromatic rings. The largest absolute Gasteiger partial charge is 0.456 e. The summed E-state index contributed by atoms with van der Waals surface area (Å²) in [6.45, 7) is 0. The number of rotatable bonds is 4. The van der Waals surface area contributed by atoms with E-state index in [0.29, 0.717) is 17.5 Å². The summed E-state index contributed by atoms with van der Waals surface area (Å²) in [6, 6.07) is 57.4. The summed E-state index contributed by atoms with van der Waals surface area (Å²) in [6.07, 6.45) is 0. The highest BCUT2D eigenvalue weighted by Crippen LogP contribution is 2.41. The van der Waals surface area contributed by atoms with Crippen molar-refractivity contribution in [1.29, 1.82) is 0 Å². The Morgan fingerprint density at radius 2 is 1.04 bits per heavy atom. The Morgan fingerprint density at radius 1 is 0.365 bits per heavy atom. The molecule has 52 heavy (non-hydrogen) atoms. The van der Waals surface area contributed by atoms with Crippen molar-refractivity contribution in [2.24, 2.45) is 0 Å². The van der Waals surface area contributed by atoms with E-state index in [9.17, 15) is 0 Å². The van der Waals surface area contributed by atoms with E-state index in [1.54, 1.807) is 0 Å². The van der Waals surface area contributed by atoms with Crippen molar-refractivity contribution < 1.29 is 4.42 Å². The van der Waals surface area contributed by atoms with Gasteiger partial charge < -0.3 is 4.42 Å². The van der Waals surface area contributed by atoms with Crippen LogP contribution in [0.5, 0.6) is 0 Å². The van der Waals surface area contributed by atoms with E-state index < -0.39 is 0 Å². The van der Waals surface area contributed by atoms with E-state index in [4.69, 9.17) is 19.4 Å². The van der Waals surface area contributed by atoms with Crippen LogP contribution in [0.25, 0.3) is 109 Å². The van der Waals surface area contributed by atoms with Crippen LogP contribution < -0.4 is 0 Å². The predicted molar refractivity (Wildman–Crippen MR) is 217 cm³/mol. The third kappa shape index (κ3) is 4.57. The fourth-order valence-corrected chi connectivity index (χ4v) is 8.76. The van der Waals surface area contributed by atoms with Crippen LogP contribution in [0.1, 0.15) is 0 Å². The van der Waals surface area contributed by atoms with Gasteiger partial charge in [0.05, 0.1) is 0 Å². The minimum Gasteiger partial charge on any atom is -0.456 e. The second-order valence-electron chi connectivity index (χ2n) is 13.2. The van der Waals surface area contributed by atoms with Crippen LogP contribution in [0.15, 0.2) is 168 Å². The first-order valence-electron chi connectivity index (χ1n) is 17.3. The van der Waals surface area contributed by atoms with E-state index in [1.807, 2.05) is 53.8 Å². The van der Waals surface area contributed by atoms with E-state index in [1.165, 1.54) is 30.9 Å². The summed E-state index contributed by atoms with van der Waals surface area (Å²) in [7, 11) is 0. The lowest BCUT2D eigenvalue weighted by atomic mass is 9.96. The van der Waals surface area contributed by atoms with Gasteiger partial charge in [-0.15, -0.1) is 11.3 Å². The standard InChI is InChI=1S/C47H27N3OS/c1-2-11-28(12-3-1)45-48-46(50-47(49-45)39-26-31-13-4-5-14-32(31)33-15-6-7-16-34(33)39)37-18-10-19-40-44(37)36-23-21-30(27-41(36)51-40)29-22-24-43-38(25-29)35-17-8-9-20-42(35)52-43/h1-27H. The maximum Gasteiger partial charge on any atom is 0.164 e. The maximum absolute atomic E-state index is 6.59. The van der Waals surface area contributed by atoms with Crippen LogP contribution in [0.3, 0.4) is 0 Å². The summed E-state index contributed by atoms with van der Waals surface area (Å²) in [5, 5.41) is 9.21. The topological polar surface area (TPSA) is 51.8 Å². The fraction of sp³-hybridized carbons (Fsp3) is 0. The third-order valence-electron chi connectivity index (χ3n) is 10.1. The van der Waals surface area contributed by atoms with Crippen molar-refractivity contribution in [3.63, 3.8) is 0 Å². The molecule has 11 rings (SSSR count). The molecule has 0 saturated heterocycles. The van der Waals surface area contributed by atoms with Gasteiger partial charge in [-0.3, -0.25) is 0 Å². The van der Waals surface area contributed by atoms with E-state index in [2.05, 4.69) is 121 Å². The Morgan fingerprint density at radius 3 is 1.92 bits per heavy atom. The number of fused-ring (bicyclic) bond motifs is 9. The molecule has 8 aromatic carbocycles. The van der Waals surface area contributed by atoms with Gasteiger partial charge in [0.2, 0.25) is 0 Å². The number of hydrogen-bond acceptors (Lipinski definition) is 5. The van der Waals surface area contributed by atoms with Crippen LogP contribution in [-0.4, -0.2) is 15.0 Å². The molecule has 0 atom stereocenters. The number of benzene rings is 8. The lowest BCUT2D eigenvalue weighted by Gasteiger charge is -2.12. The van der Waals surface area contributed by atoms with Gasteiger partial charge in [0, 0.05) is 47.6 Å². The summed E-state index contributed by atoms with van der Waals surface area (Å²) in [5.74, 6) is 1.86. The molecular formula is C47H27N3OS. The highest BCUT2D eigenvalue weighted by atomic mass is 32.1. The molecular weight excluding hydrogens is 655 g/mol. The Kier molecular flexibility index (Phi) is 6.39. The summed E-state index contributed by atoms with van der Waals surface area (Å²) >= 11 is 1.84. The first-order valence-corrected chi connectivity index (χ1v) is 18.2. The average molecular weight is 682 g/mol. The SMILES string of the molecule is c1ccc(-c2nc(-c3cc4ccccc4c4ccccc34)nc(-c3cccc4oc5cc(-c6ccc7sc8ccccc8c7c6)ccc5c34)n2)cc1. The molecule has 4 nitrogen and oxygen atoms in total. The van der Waals surface area contributed by atoms with Gasteiger partial charge in [-0.2, -0.15) is 0 Å². The molecule has 0 spiro atoms. The van der Waals surface area contributed by atoms with Crippen molar-refractivity contribution >= 4 is 75.0 Å². The first-order chi connectivity index (χ1) is 25.7. The number of thiophene rings is 1. The third-order valence-corrected chi connectivity index (χ3v) is 11.3. The maximum atomic E-state index is 6.59. The molecule has 0 radical (unpaired) electrons. The molecule has 0 N–H and O–H groups in total. The molecule has 0 amide bonds. The Labute approximate surface area is 302 Å². The monoisotopic (exact) mass is 681 g/mol. The van der Waals surface area contributed by atoms with Crippen LogP contribution in [0.2, 0.25) is 0 Å². The van der Waals surface area contributed by atoms with Gasteiger partial charge in [-0.25, -0.2) is 15.0 Å². The number of nitrogens with zero attached hydrogens (tertiary/aromatic N) is 3. The van der Waals surface area contributed by atoms with Crippen molar-refractivity contribution in [3.8, 4) is 45.3 Å². The average Bonchev–Trinajstić information content (AvgIpc) is 3.78. The highest BCUT2D eigenvalue weighted by molar-refractivity contribution is 7.25. The summed E-state index contributed by atoms with van der Waals surface area (Å²) in [4.78, 5) is 15.5. The van der Waals surface area contributed by atoms with Gasteiger partial charge in [-0.05, 0) is 75.1 Å². The lowest BCUT2D eigenvalue weighted by molar-refractivity contribution is 0.669. The van der Waals surface area contributed by atoms with Crippen LogP contribution in [0.4, 0.5) is 0 Å². The summed E-state index contributed by atoms with van der Waals surface area (Å²) < 4.78 is 9.19. The molecule has 3 aromatic heterocycles. The molecule has 0 aliphatic carbocycles. The van der Waals surface area contributed by atoms with Crippen LogP contribution in [0, 0.1) is 0 Å². The Balaban J connectivity index is 1.11. The Hall–Kier alpha value is -6.69. The fourth-order valence-electron chi connectivity index (χ4n) is 7.67. The molecule has 3 heterocycles. The minimum atomic E-state index is 0.605. The van der Waals surface area contributed by atoms with Crippen molar-refractivity contribution in [2.45, 2.75) is 0 Å². The molecule has 0 unspecified atom stereocenters. The zero-order valence-electron chi connectivity index (χ0n) is 27.7. The molecule has 0 fully saturated rings. The van der Waals surface area contributed by atoms with Crippen LogP contribution in [-0.2, 0) is 0 Å². The predicted octanol–water partition coefficient (Wildman–Crippen LogP) is 13.1. The van der Waals surface area contributed by atoms with Gasteiger partial charge in [0.25, 0.3) is 0 Å². The second-order valence-corrected chi connectivity index (χ2v) is 14.2. The zero-order valence-corrected chi connectivity index (χ0v) is 28.6. The molecule has 0 saturated carbocycles. The van der Waals surface area contributed by atoms with E-state index >= 15 is 0 Å². The van der Waals surface area contributed by atoms with Crippen LogP contribution >= 0.6 is 11.3 Å².